The Morgan fingerprint density at radius 2 is 2.04 bits per heavy atom. The Morgan fingerprint density at radius 3 is 2.70 bits per heavy atom. The van der Waals surface area contributed by atoms with E-state index in [1.807, 2.05) is 32.6 Å². The van der Waals surface area contributed by atoms with Gasteiger partial charge in [-0.05, 0) is 52.9 Å². The molecule has 3 rings (SSSR count). The van der Waals surface area contributed by atoms with Gasteiger partial charge in [-0.1, -0.05) is 0 Å². The average molecular weight is 397 g/mol. The van der Waals surface area contributed by atoms with Crippen molar-refractivity contribution in [3.63, 3.8) is 0 Å². The number of hydrogen-bond acceptors (Lipinski definition) is 7. The topological polar surface area (TPSA) is 78.0 Å². The Labute approximate surface area is 164 Å². The number of thiazole rings is 1. The largest absolute Gasteiger partial charge is 0.459 e. The number of fused-ring (bicyclic) bond motifs is 2. The zero-order valence-corrected chi connectivity index (χ0v) is 17.2. The molecule has 1 aromatic rings. The number of hydrogen-bond donors (Lipinski definition) is 0. The van der Waals surface area contributed by atoms with Gasteiger partial charge in [0.05, 0.1) is 23.9 Å². The summed E-state index contributed by atoms with van der Waals surface area (Å²) in [6.45, 7) is 8.81. The molecule has 8 heteroatoms. The van der Waals surface area contributed by atoms with Crippen LogP contribution in [0.2, 0.25) is 0 Å². The molecule has 27 heavy (non-hydrogen) atoms. The molecule has 2 fully saturated rings. The summed E-state index contributed by atoms with van der Waals surface area (Å²) in [7, 11) is 0. The first-order chi connectivity index (χ1) is 12.7. The van der Waals surface area contributed by atoms with E-state index < -0.39 is 5.60 Å². The number of aryl methyl sites for hydroxylation is 1. The average Bonchev–Trinajstić information content (AvgIpc) is 3.13. The zero-order chi connectivity index (χ0) is 19.6. The molecule has 1 aliphatic carbocycles. The first-order valence-electron chi connectivity index (χ1n) is 9.42. The zero-order valence-electron chi connectivity index (χ0n) is 16.4. The van der Waals surface area contributed by atoms with Gasteiger partial charge in [-0.3, -0.25) is 0 Å². The minimum atomic E-state index is -0.482. The highest BCUT2D eigenvalue weighted by Crippen LogP contribution is 2.37. The van der Waals surface area contributed by atoms with Crippen molar-refractivity contribution in [1.82, 2.24) is 9.88 Å². The molecule has 3 atom stereocenters. The quantitative estimate of drug-likeness (QED) is 0.561. The van der Waals surface area contributed by atoms with Crippen LogP contribution in [0.25, 0.3) is 0 Å². The van der Waals surface area contributed by atoms with Gasteiger partial charge >= 0.3 is 12.1 Å². The lowest BCUT2D eigenvalue weighted by Crippen LogP contribution is -2.40. The van der Waals surface area contributed by atoms with Crippen LogP contribution in [-0.4, -0.2) is 59.5 Å². The molecule has 0 aromatic carbocycles. The molecule has 0 radical (unpaired) electrons. The Hall–Kier alpha value is -1.67. The molecule has 1 aliphatic heterocycles. The molecule has 1 saturated heterocycles. The van der Waals surface area contributed by atoms with Gasteiger partial charge in [0.1, 0.15) is 17.1 Å². The van der Waals surface area contributed by atoms with Crippen molar-refractivity contribution in [2.75, 3.05) is 19.8 Å². The van der Waals surface area contributed by atoms with Crippen molar-refractivity contribution >= 4 is 23.4 Å². The number of aromatic nitrogens is 1. The van der Waals surface area contributed by atoms with Crippen molar-refractivity contribution in [1.29, 1.82) is 0 Å². The van der Waals surface area contributed by atoms with Gasteiger partial charge in [-0.15, -0.1) is 11.3 Å². The van der Waals surface area contributed by atoms with Crippen molar-refractivity contribution < 1.29 is 23.8 Å². The maximum atomic E-state index is 12.4. The van der Waals surface area contributed by atoms with Gasteiger partial charge in [-0.2, -0.15) is 0 Å². The predicted molar refractivity (Wildman–Crippen MR) is 101 cm³/mol. The maximum Gasteiger partial charge on any atom is 0.410 e. The monoisotopic (exact) mass is 396 g/mol. The second kappa shape index (κ2) is 8.14. The molecule has 0 spiro atoms. The Morgan fingerprint density at radius 1 is 1.26 bits per heavy atom. The van der Waals surface area contributed by atoms with Gasteiger partial charge in [0.15, 0.2) is 0 Å². The van der Waals surface area contributed by atoms with E-state index in [4.69, 9.17) is 14.2 Å². The Kier molecular flexibility index (Phi) is 6.05. The first-order valence-corrected chi connectivity index (χ1v) is 10.2. The van der Waals surface area contributed by atoms with Crippen LogP contribution in [0, 0.1) is 12.8 Å². The summed E-state index contributed by atoms with van der Waals surface area (Å²) in [6, 6.07) is 0.173. The van der Waals surface area contributed by atoms with Crippen molar-refractivity contribution in [3.8, 4) is 0 Å². The number of carbonyl (C=O) groups excluding carboxylic acids is 2. The summed E-state index contributed by atoms with van der Waals surface area (Å²) in [5, 5.41) is 0.838. The van der Waals surface area contributed by atoms with E-state index >= 15 is 0 Å². The molecule has 7 nitrogen and oxygen atoms in total. The molecule has 1 saturated carbocycles. The van der Waals surface area contributed by atoms with E-state index in [1.54, 1.807) is 0 Å². The summed E-state index contributed by atoms with van der Waals surface area (Å²) >= 11 is 1.32. The van der Waals surface area contributed by atoms with Gasteiger partial charge in [0.25, 0.3) is 0 Å². The normalized spacial score (nSPS) is 24.7. The van der Waals surface area contributed by atoms with E-state index in [-0.39, 0.29) is 30.8 Å². The lowest BCUT2D eigenvalue weighted by atomic mass is 9.88. The third-order valence-corrected chi connectivity index (χ3v) is 5.65. The molecule has 1 amide bonds. The summed E-state index contributed by atoms with van der Waals surface area (Å²) in [5.41, 5.74) is -0.482. The third-order valence-electron chi connectivity index (χ3n) is 4.75. The van der Waals surface area contributed by atoms with E-state index in [9.17, 15) is 9.59 Å². The van der Waals surface area contributed by atoms with Crippen LogP contribution in [0.1, 0.15) is 54.7 Å². The first kappa shape index (κ1) is 20.1. The van der Waals surface area contributed by atoms with Gasteiger partial charge in [0, 0.05) is 12.6 Å². The molecule has 2 bridgehead atoms. The highest BCUT2D eigenvalue weighted by atomic mass is 32.1. The summed E-state index contributed by atoms with van der Waals surface area (Å²) in [5.74, 6) is 0.0907. The molecular weight excluding hydrogens is 368 g/mol. The minimum absolute atomic E-state index is 0.0885. The summed E-state index contributed by atoms with van der Waals surface area (Å²) in [6.07, 6.45) is 4.14. The molecule has 150 valence electrons. The number of likely N-dealkylation sites (tertiary alicyclic amines) is 1. The summed E-state index contributed by atoms with van der Waals surface area (Å²) in [4.78, 5) is 30.7. The number of ether oxygens (including phenoxy) is 3. The molecule has 2 heterocycles. The highest BCUT2D eigenvalue weighted by Gasteiger charge is 2.43. The fourth-order valence-electron chi connectivity index (χ4n) is 3.74. The predicted octanol–water partition coefficient (Wildman–Crippen LogP) is 3.41. The standard InChI is InChI=1S/C19H28N2O5S/c1-12-20-10-16(27-12)17(22)25-6-5-24-15-8-13-7-14(9-15)21(11-13)18(23)26-19(2,3)4/h10,13-15H,5-9,11H2,1-4H3. The highest BCUT2D eigenvalue weighted by molar-refractivity contribution is 7.13. The molecular formula is C19H28N2O5S. The number of nitrogens with zero attached hydrogens (tertiary/aromatic N) is 2. The lowest BCUT2D eigenvalue weighted by Gasteiger charge is -2.30. The number of carbonyl (C=O) groups is 2. The van der Waals surface area contributed by atoms with Crippen LogP contribution < -0.4 is 0 Å². The van der Waals surface area contributed by atoms with Gasteiger partial charge in [0.2, 0.25) is 0 Å². The van der Waals surface area contributed by atoms with Crippen molar-refractivity contribution in [3.05, 3.63) is 16.1 Å². The molecule has 3 unspecified atom stereocenters. The number of esters is 1. The fraction of sp³-hybridized carbons (Fsp3) is 0.737. The van der Waals surface area contributed by atoms with Crippen LogP contribution in [0.15, 0.2) is 6.20 Å². The van der Waals surface area contributed by atoms with E-state index in [2.05, 4.69) is 4.98 Å². The van der Waals surface area contributed by atoms with E-state index in [1.165, 1.54) is 17.5 Å². The van der Waals surface area contributed by atoms with Crippen LogP contribution >= 0.6 is 11.3 Å². The van der Waals surface area contributed by atoms with Crippen LogP contribution in [-0.2, 0) is 14.2 Å². The number of rotatable bonds is 5. The van der Waals surface area contributed by atoms with Crippen LogP contribution in [0.3, 0.4) is 0 Å². The van der Waals surface area contributed by atoms with Crippen LogP contribution in [0.5, 0.6) is 0 Å². The molecule has 1 aromatic heterocycles. The summed E-state index contributed by atoms with van der Waals surface area (Å²) < 4.78 is 16.7. The molecule has 2 aliphatic rings. The minimum Gasteiger partial charge on any atom is -0.459 e. The fourth-order valence-corrected chi connectivity index (χ4v) is 4.41. The lowest BCUT2D eigenvalue weighted by molar-refractivity contribution is -0.0165. The van der Waals surface area contributed by atoms with Crippen LogP contribution in [0.4, 0.5) is 4.79 Å². The number of amides is 1. The smallest absolute Gasteiger partial charge is 0.410 e. The van der Waals surface area contributed by atoms with E-state index in [0.29, 0.717) is 17.4 Å². The second-order valence-electron chi connectivity index (χ2n) is 8.23. The van der Waals surface area contributed by atoms with E-state index in [0.717, 1.165) is 30.8 Å². The molecule has 0 N–H and O–H groups in total. The second-order valence-corrected chi connectivity index (χ2v) is 9.47. The SMILES string of the molecule is Cc1ncc(C(=O)OCCOC2CC3CC(C2)N(C(=O)OC(C)(C)C)C3)s1. The van der Waals surface area contributed by atoms with Gasteiger partial charge < -0.3 is 19.1 Å². The maximum absolute atomic E-state index is 12.4. The third kappa shape index (κ3) is 5.42. The Bertz CT molecular complexity index is 684. The van der Waals surface area contributed by atoms with Gasteiger partial charge in [-0.25, -0.2) is 14.6 Å². The Balaban J connectivity index is 1.40. The van der Waals surface area contributed by atoms with Crippen molar-refractivity contribution in [2.45, 2.75) is 64.7 Å². The van der Waals surface area contributed by atoms with Crippen molar-refractivity contribution in [2.24, 2.45) is 5.92 Å².